The van der Waals surface area contributed by atoms with Crippen molar-refractivity contribution in [3.63, 3.8) is 0 Å². The lowest BCUT2D eigenvalue weighted by Crippen LogP contribution is -2.39. The fourth-order valence-corrected chi connectivity index (χ4v) is 1.49. The Bertz CT molecular complexity index is 505. The molecule has 5 heteroatoms. The number of carbonyl (C=O) groups excluding carboxylic acids is 1. The van der Waals surface area contributed by atoms with Gasteiger partial charge in [-0.15, -0.1) is 6.58 Å². The maximum Gasteiger partial charge on any atom is 0.326 e. The Morgan fingerprint density at radius 3 is 2.55 bits per heavy atom. The molecule has 2 N–H and O–H groups in total. The normalized spacial score (nSPS) is 11.8. The molecule has 1 unspecified atom stereocenters. The van der Waals surface area contributed by atoms with Gasteiger partial charge in [0.15, 0.2) is 0 Å². The summed E-state index contributed by atoms with van der Waals surface area (Å²) in [5.74, 6) is -0.824. The van der Waals surface area contributed by atoms with Crippen molar-refractivity contribution in [2.45, 2.75) is 12.5 Å². The van der Waals surface area contributed by atoms with E-state index in [0.717, 1.165) is 11.3 Å². The van der Waals surface area contributed by atoms with Gasteiger partial charge in [-0.1, -0.05) is 18.2 Å². The molecular weight excluding hydrogens is 258 g/mol. The molecule has 0 fully saturated rings. The van der Waals surface area contributed by atoms with E-state index in [1.54, 1.807) is 37.5 Å². The van der Waals surface area contributed by atoms with Crippen LogP contribution < -0.4 is 10.1 Å². The van der Waals surface area contributed by atoms with Gasteiger partial charge in [0, 0.05) is 6.08 Å². The predicted molar refractivity (Wildman–Crippen MR) is 76.4 cm³/mol. The summed E-state index contributed by atoms with van der Waals surface area (Å²) in [6, 6.07) is 6.17. The van der Waals surface area contributed by atoms with E-state index in [0.29, 0.717) is 0 Å². The van der Waals surface area contributed by atoms with Crippen LogP contribution in [-0.4, -0.2) is 30.1 Å². The number of methoxy groups -OCH3 is 1. The van der Waals surface area contributed by atoms with Crippen LogP contribution in [-0.2, 0) is 9.59 Å². The molecule has 1 amide bonds. The molecule has 0 spiro atoms. The van der Waals surface area contributed by atoms with E-state index in [-0.39, 0.29) is 6.42 Å². The van der Waals surface area contributed by atoms with Crippen molar-refractivity contribution in [3.8, 4) is 5.75 Å². The van der Waals surface area contributed by atoms with Crippen molar-refractivity contribution in [1.82, 2.24) is 5.32 Å². The van der Waals surface area contributed by atoms with Crippen LogP contribution >= 0.6 is 0 Å². The first kappa shape index (κ1) is 15.5. The molecule has 0 aromatic heterocycles. The quantitative estimate of drug-likeness (QED) is 0.588. The minimum absolute atomic E-state index is 0.178. The van der Waals surface area contributed by atoms with Crippen LogP contribution in [0.4, 0.5) is 0 Å². The fourth-order valence-electron chi connectivity index (χ4n) is 1.49. The van der Waals surface area contributed by atoms with Gasteiger partial charge >= 0.3 is 5.97 Å². The number of carbonyl (C=O) groups is 2. The highest BCUT2D eigenvalue weighted by molar-refractivity contribution is 5.94. The second-order valence-corrected chi connectivity index (χ2v) is 4.03. The van der Waals surface area contributed by atoms with Gasteiger partial charge in [0.1, 0.15) is 11.8 Å². The molecular formula is C15H17NO4. The third-order valence-electron chi connectivity index (χ3n) is 2.56. The third kappa shape index (κ3) is 4.97. The van der Waals surface area contributed by atoms with Gasteiger partial charge in [-0.05, 0) is 30.2 Å². The second-order valence-electron chi connectivity index (χ2n) is 4.03. The topological polar surface area (TPSA) is 75.6 Å². The van der Waals surface area contributed by atoms with E-state index in [2.05, 4.69) is 11.9 Å². The Balaban J connectivity index is 2.61. The predicted octanol–water partition coefficient (Wildman–Crippen LogP) is 1.85. The fraction of sp³-hybridized carbons (Fsp3) is 0.200. The molecule has 5 nitrogen and oxygen atoms in total. The van der Waals surface area contributed by atoms with Crippen LogP contribution in [0.5, 0.6) is 5.75 Å². The molecule has 1 aromatic carbocycles. The molecule has 0 saturated heterocycles. The van der Waals surface area contributed by atoms with E-state index in [4.69, 9.17) is 9.84 Å². The van der Waals surface area contributed by atoms with E-state index >= 15 is 0 Å². The lowest BCUT2D eigenvalue weighted by atomic mass is 10.2. The summed E-state index contributed by atoms with van der Waals surface area (Å²) in [6.45, 7) is 3.46. The summed E-state index contributed by atoms with van der Waals surface area (Å²) >= 11 is 0. The zero-order valence-corrected chi connectivity index (χ0v) is 11.2. The first-order valence-electron chi connectivity index (χ1n) is 6.03. The molecule has 1 rings (SSSR count). The Kier molecular flexibility index (Phi) is 6.03. The highest BCUT2D eigenvalue weighted by Gasteiger charge is 2.16. The van der Waals surface area contributed by atoms with Crippen LogP contribution in [0.1, 0.15) is 12.0 Å². The van der Waals surface area contributed by atoms with Crippen molar-refractivity contribution in [2.24, 2.45) is 0 Å². The van der Waals surface area contributed by atoms with Crippen molar-refractivity contribution in [2.75, 3.05) is 7.11 Å². The number of amides is 1. The van der Waals surface area contributed by atoms with Crippen molar-refractivity contribution in [1.29, 1.82) is 0 Å². The maximum absolute atomic E-state index is 11.6. The van der Waals surface area contributed by atoms with Crippen LogP contribution in [0.2, 0.25) is 0 Å². The standard InChI is InChI=1S/C15H17NO4/c1-3-4-13(15(18)19)16-14(17)10-7-11-5-8-12(20-2)9-6-11/h3,5-10,13H,1,4H2,2H3,(H,16,17)(H,18,19)/b10-7+. The van der Waals surface area contributed by atoms with Gasteiger partial charge in [0.25, 0.3) is 0 Å². The Morgan fingerprint density at radius 1 is 1.40 bits per heavy atom. The molecule has 0 heterocycles. The van der Waals surface area contributed by atoms with Gasteiger partial charge in [-0.25, -0.2) is 4.79 Å². The SMILES string of the molecule is C=CCC(NC(=O)/C=C/c1ccc(OC)cc1)C(=O)O. The minimum Gasteiger partial charge on any atom is -0.497 e. The number of carboxylic acids is 1. The lowest BCUT2D eigenvalue weighted by molar-refractivity contribution is -0.141. The van der Waals surface area contributed by atoms with Gasteiger partial charge in [-0.2, -0.15) is 0 Å². The number of aliphatic carboxylic acids is 1. The third-order valence-corrected chi connectivity index (χ3v) is 2.56. The lowest BCUT2D eigenvalue weighted by Gasteiger charge is -2.10. The number of nitrogens with one attached hydrogen (secondary N) is 1. The zero-order chi connectivity index (χ0) is 15.0. The molecule has 0 aliphatic rings. The smallest absolute Gasteiger partial charge is 0.326 e. The van der Waals surface area contributed by atoms with Gasteiger partial charge in [0.2, 0.25) is 5.91 Å². The van der Waals surface area contributed by atoms with Crippen LogP contribution in [0.15, 0.2) is 43.0 Å². The summed E-state index contributed by atoms with van der Waals surface area (Å²) in [5, 5.41) is 11.3. The van der Waals surface area contributed by atoms with E-state index < -0.39 is 17.9 Å². The molecule has 0 aliphatic heterocycles. The molecule has 1 atom stereocenters. The molecule has 0 aliphatic carbocycles. The zero-order valence-electron chi connectivity index (χ0n) is 11.2. The largest absolute Gasteiger partial charge is 0.497 e. The van der Waals surface area contributed by atoms with Gasteiger partial charge in [0.05, 0.1) is 7.11 Å². The van der Waals surface area contributed by atoms with E-state index in [1.165, 1.54) is 12.2 Å². The van der Waals surface area contributed by atoms with E-state index in [9.17, 15) is 9.59 Å². The average Bonchev–Trinajstić information content (AvgIpc) is 2.45. The summed E-state index contributed by atoms with van der Waals surface area (Å²) in [5.41, 5.74) is 0.816. The van der Waals surface area contributed by atoms with Crippen LogP contribution in [0, 0.1) is 0 Å². The Labute approximate surface area is 117 Å². The Hall–Kier alpha value is -2.56. The summed E-state index contributed by atoms with van der Waals surface area (Å²) < 4.78 is 5.02. The average molecular weight is 275 g/mol. The van der Waals surface area contributed by atoms with Crippen LogP contribution in [0.3, 0.4) is 0 Å². The number of carboxylic acid groups (broad SMARTS) is 1. The number of hydrogen-bond acceptors (Lipinski definition) is 3. The minimum atomic E-state index is -1.09. The van der Waals surface area contributed by atoms with Gasteiger partial charge in [-0.3, -0.25) is 4.79 Å². The molecule has 0 saturated carbocycles. The Morgan fingerprint density at radius 2 is 2.05 bits per heavy atom. The first-order valence-corrected chi connectivity index (χ1v) is 6.03. The van der Waals surface area contributed by atoms with Crippen molar-refractivity contribution >= 4 is 18.0 Å². The number of rotatable bonds is 7. The highest BCUT2D eigenvalue weighted by atomic mass is 16.5. The van der Waals surface area contributed by atoms with Crippen molar-refractivity contribution in [3.05, 3.63) is 48.6 Å². The van der Waals surface area contributed by atoms with Gasteiger partial charge < -0.3 is 15.2 Å². The van der Waals surface area contributed by atoms with E-state index in [1.807, 2.05) is 0 Å². The van der Waals surface area contributed by atoms with Crippen LogP contribution in [0.25, 0.3) is 6.08 Å². The number of hydrogen-bond donors (Lipinski definition) is 2. The first-order chi connectivity index (χ1) is 9.56. The molecule has 0 radical (unpaired) electrons. The number of benzene rings is 1. The second kappa shape index (κ2) is 7.78. The summed E-state index contributed by atoms with van der Waals surface area (Å²) in [4.78, 5) is 22.5. The molecule has 1 aromatic rings. The maximum atomic E-state index is 11.6. The van der Waals surface area contributed by atoms with Crippen molar-refractivity contribution < 1.29 is 19.4 Å². The summed E-state index contributed by atoms with van der Waals surface area (Å²) in [6.07, 6.45) is 4.52. The number of ether oxygens (including phenoxy) is 1. The monoisotopic (exact) mass is 275 g/mol. The molecule has 0 bridgehead atoms. The molecule has 106 valence electrons. The summed E-state index contributed by atoms with van der Waals surface area (Å²) in [7, 11) is 1.57. The molecule has 20 heavy (non-hydrogen) atoms. The highest BCUT2D eigenvalue weighted by Crippen LogP contribution is 2.12.